The molecule has 30 heavy (non-hydrogen) atoms. The predicted molar refractivity (Wildman–Crippen MR) is 108 cm³/mol. The van der Waals surface area contributed by atoms with Crippen LogP contribution >= 0.6 is 0 Å². The molecule has 0 fully saturated rings. The standard InChI is InChI=1S/C21H25F2N5O2/c1-5-21(4,24)11-25-19(29)17-13(3)27-18-20(26-12(2)9-28(17)18)30-10-14-15(22)7-6-8-16(14)23/h6-9H,5,10-11,24H2,1-4H3,(H,25,29). The maximum Gasteiger partial charge on any atom is 0.270 e. The number of carbonyl (C=O) groups is 1. The molecule has 0 aliphatic rings. The highest BCUT2D eigenvalue weighted by molar-refractivity contribution is 5.95. The lowest BCUT2D eigenvalue weighted by Crippen LogP contribution is -2.47. The van der Waals surface area contributed by atoms with Gasteiger partial charge in [-0.2, -0.15) is 0 Å². The zero-order valence-corrected chi connectivity index (χ0v) is 17.4. The number of imidazole rings is 1. The summed E-state index contributed by atoms with van der Waals surface area (Å²) in [6, 6.07) is 3.60. The van der Waals surface area contributed by atoms with Gasteiger partial charge in [-0.25, -0.2) is 18.7 Å². The van der Waals surface area contributed by atoms with Gasteiger partial charge in [0, 0.05) is 18.3 Å². The van der Waals surface area contributed by atoms with Crippen molar-refractivity contribution in [2.45, 2.75) is 46.3 Å². The Hall–Kier alpha value is -3.07. The highest BCUT2D eigenvalue weighted by atomic mass is 19.1. The zero-order chi connectivity index (χ0) is 22.1. The second-order valence-electron chi connectivity index (χ2n) is 7.61. The van der Waals surface area contributed by atoms with Crippen molar-refractivity contribution in [3.63, 3.8) is 0 Å². The number of hydrogen-bond acceptors (Lipinski definition) is 5. The van der Waals surface area contributed by atoms with Crippen molar-refractivity contribution in [2.24, 2.45) is 5.73 Å². The molecule has 0 saturated heterocycles. The minimum Gasteiger partial charge on any atom is -0.470 e. The Balaban J connectivity index is 1.93. The molecule has 1 amide bonds. The number of rotatable bonds is 7. The van der Waals surface area contributed by atoms with E-state index in [9.17, 15) is 13.6 Å². The lowest BCUT2D eigenvalue weighted by Gasteiger charge is -2.22. The fourth-order valence-electron chi connectivity index (χ4n) is 2.92. The van der Waals surface area contributed by atoms with Crippen LogP contribution in [0.3, 0.4) is 0 Å². The van der Waals surface area contributed by atoms with E-state index in [1.165, 1.54) is 6.07 Å². The number of halogens is 2. The SMILES string of the molecule is CCC(C)(N)CNC(=O)c1c(C)nc2c(OCc3c(F)cccc3F)nc(C)cn12. The Bertz CT molecular complexity index is 1070. The van der Waals surface area contributed by atoms with Crippen molar-refractivity contribution in [1.29, 1.82) is 0 Å². The van der Waals surface area contributed by atoms with Gasteiger partial charge in [-0.3, -0.25) is 9.20 Å². The Kier molecular flexibility index (Phi) is 6.02. The second kappa shape index (κ2) is 8.35. The van der Waals surface area contributed by atoms with Crippen LogP contribution < -0.4 is 15.8 Å². The fourth-order valence-corrected chi connectivity index (χ4v) is 2.92. The molecule has 0 radical (unpaired) electrons. The zero-order valence-electron chi connectivity index (χ0n) is 17.4. The molecule has 3 rings (SSSR count). The molecule has 0 aliphatic carbocycles. The lowest BCUT2D eigenvalue weighted by atomic mass is 10.0. The number of nitrogens with one attached hydrogen (secondary N) is 1. The summed E-state index contributed by atoms with van der Waals surface area (Å²) in [6.07, 6.45) is 2.36. The highest BCUT2D eigenvalue weighted by Gasteiger charge is 2.23. The quantitative estimate of drug-likeness (QED) is 0.616. The van der Waals surface area contributed by atoms with E-state index < -0.39 is 17.2 Å². The molecule has 2 aromatic heterocycles. The Morgan fingerprint density at radius 3 is 2.57 bits per heavy atom. The summed E-state index contributed by atoms with van der Waals surface area (Å²) in [5, 5.41) is 2.84. The first-order valence-electron chi connectivity index (χ1n) is 9.62. The van der Waals surface area contributed by atoms with Gasteiger partial charge in [-0.1, -0.05) is 13.0 Å². The maximum absolute atomic E-state index is 13.9. The van der Waals surface area contributed by atoms with Crippen LogP contribution in [0, 0.1) is 25.5 Å². The van der Waals surface area contributed by atoms with Gasteiger partial charge in [-0.15, -0.1) is 0 Å². The highest BCUT2D eigenvalue weighted by Crippen LogP contribution is 2.23. The molecule has 3 aromatic rings. The summed E-state index contributed by atoms with van der Waals surface area (Å²) in [4.78, 5) is 21.5. The minimum atomic E-state index is -0.709. The molecule has 9 heteroatoms. The van der Waals surface area contributed by atoms with Gasteiger partial charge in [0.15, 0.2) is 0 Å². The topological polar surface area (TPSA) is 94.5 Å². The molecule has 0 spiro atoms. The molecule has 2 heterocycles. The van der Waals surface area contributed by atoms with Gasteiger partial charge in [0.2, 0.25) is 5.65 Å². The number of amides is 1. The number of aryl methyl sites for hydroxylation is 2. The minimum absolute atomic E-state index is 0.0806. The van der Waals surface area contributed by atoms with Crippen LogP contribution in [0.15, 0.2) is 24.4 Å². The third-order valence-corrected chi connectivity index (χ3v) is 4.96. The molecule has 0 saturated carbocycles. The molecule has 1 atom stereocenters. The summed E-state index contributed by atoms with van der Waals surface area (Å²) in [5.41, 5.74) is 7.00. The van der Waals surface area contributed by atoms with Gasteiger partial charge < -0.3 is 15.8 Å². The molecule has 1 unspecified atom stereocenters. The monoisotopic (exact) mass is 417 g/mol. The third kappa shape index (κ3) is 4.40. The second-order valence-corrected chi connectivity index (χ2v) is 7.61. The maximum atomic E-state index is 13.9. The summed E-state index contributed by atoms with van der Waals surface area (Å²) in [7, 11) is 0. The van der Waals surface area contributed by atoms with E-state index in [1.54, 1.807) is 24.4 Å². The number of aromatic nitrogens is 3. The van der Waals surface area contributed by atoms with Crippen molar-refractivity contribution in [3.05, 3.63) is 58.7 Å². The van der Waals surface area contributed by atoms with E-state index in [1.807, 2.05) is 13.8 Å². The van der Waals surface area contributed by atoms with E-state index >= 15 is 0 Å². The molecule has 160 valence electrons. The van der Waals surface area contributed by atoms with Crippen molar-refractivity contribution >= 4 is 11.6 Å². The first-order chi connectivity index (χ1) is 14.1. The van der Waals surface area contributed by atoms with Crippen LogP contribution in [0.25, 0.3) is 5.65 Å². The van der Waals surface area contributed by atoms with Crippen molar-refractivity contribution in [2.75, 3.05) is 6.54 Å². The number of nitrogens with zero attached hydrogens (tertiary/aromatic N) is 3. The van der Waals surface area contributed by atoms with E-state index in [0.29, 0.717) is 30.0 Å². The van der Waals surface area contributed by atoms with Gasteiger partial charge >= 0.3 is 0 Å². The summed E-state index contributed by atoms with van der Waals surface area (Å²) in [5.74, 6) is -1.67. The molecular weight excluding hydrogens is 392 g/mol. The molecule has 3 N–H and O–H groups in total. The van der Waals surface area contributed by atoms with Crippen LogP contribution in [0.4, 0.5) is 8.78 Å². The third-order valence-electron chi connectivity index (χ3n) is 4.96. The molecular formula is C21H25F2N5O2. The Morgan fingerprint density at radius 1 is 1.27 bits per heavy atom. The first-order valence-corrected chi connectivity index (χ1v) is 9.62. The Morgan fingerprint density at radius 2 is 1.93 bits per heavy atom. The van der Waals surface area contributed by atoms with Crippen LogP contribution in [0.1, 0.15) is 47.7 Å². The van der Waals surface area contributed by atoms with E-state index in [0.717, 1.165) is 12.1 Å². The van der Waals surface area contributed by atoms with Gasteiger partial charge in [-0.05, 0) is 39.3 Å². The smallest absolute Gasteiger partial charge is 0.270 e. The first kappa shape index (κ1) is 21.6. The van der Waals surface area contributed by atoms with Gasteiger partial charge in [0.1, 0.15) is 23.9 Å². The van der Waals surface area contributed by atoms with E-state index in [2.05, 4.69) is 15.3 Å². The summed E-state index contributed by atoms with van der Waals surface area (Å²) < 4.78 is 35.0. The summed E-state index contributed by atoms with van der Waals surface area (Å²) >= 11 is 0. The predicted octanol–water partition coefficient (Wildman–Crippen LogP) is 3.06. The number of benzene rings is 1. The fraction of sp³-hybridized carbons (Fsp3) is 0.381. The van der Waals surface area contributed by atoms with Crippen molar-refractivity contribution in [1.82, 2.24) is 19.7 Å². The van der Waals surface area contributed by atoms with Crippen LogP contribution in [-0.2, 0) is 6.61 Å². The van der Waals surface area contributed by atoms with Crippen LogP contribution in [0.2, 0.25) is 0 Å². The Labute approximate surface area is 173 Å². The molecule has 7 nitrogen and oxygen atoms in total. The van der Waals surface area contributed by atoms with Gasteiger partial charge in [0.05, 0.1) is 17.0 Å². The van der Waals surface area contributed by atoms with Crippen LogP contribution in [0.5, 0.6) is 5.88 Å². The normalized spacial score (nSPS) is 13.3. The average molecular weight is 417 g/mol. The number of fused-ring (bicyclic) bond motifs is 1. The number of ether oxygens (including phenoxy) is 1. The van der Waals surface area contributed by atoms with Crippen molar-refractivity contribution in [3.8, 4) is 5.88 Å². The number of carbonyl (C=O) groups excluding carboxylic acids is 1. The summed E-state index contributed by atoms with van der Waals surface area (Å²) in [6.45, 7) is 7.16. The van der Waals surface area contributed by atoms with E-state index in [4.69, 9.17) is 10.5 Å². The largest absolute Gasteiger partial charge is 0.470 e. The van der Waals surface area contributed by atoms with Crippen molar-refractivity contribution < 1.29 is 18.3 Å². The van der Waals surface area contributed by atoms with E-state index in [-0.39, 0.29) is 29.6 Å². The molecule has 0 aliphatic heterocycles. The average Bonchev–Trinajstić information content (AvgIpc) is 3.01. The molecule has 1 aromatic carbocycles. The van der Waals surface area contributed by atoms with Crippen LogP contribution in [-0.4, -0.2) is 32.4 Å². The van der Waals surface area contributed by atoms with Gasteiger partial charge in [0.25, 0.3) is 11.8 Å². The molecule has 0 bridgehead atoms. The number of hydrogen-bond donors (Lipinski definition) is 2. The lowest BCUT2D eigenvalue weighted by molar-refractivity contribution is 0.0937. The number of nitrogens with two attached hydrogens (primary N) is 1.